The van der Waals surface area contributed by atoms with Gasteiger partial charge in [-0.3, -0.25) is 10.7 Å². The summed E-state index contributed by atoms with van der Waals surface area (Å²) in [5.41, 5.74) is 5.28. The van der Waals surface area contributed by atoms with Crippen molar-refractivity contribution < 1.29 is 15.2 Å². The van der Waals surface area contributed by atoms with Gasteiger partial charge in [0, 0.05) is 12.8 Å². The molecule has 0 aromatic carbocycles. The maximum Gasteiger partial charge on any atom is 0.237 e. The summed E-state index contributed by atoms with van der Waals surface area (Å²) in [4.78, 5) is 2.80. The Morgan fingerprint density at radius 3 is 2.40 bits per heavy atom. The molecule has 1 unspecified atom stereocenters. The average molecular weight is 147 g/mol. The minimum atomic E-state index is -1.27. The summed E-state index contributed by atoms with van der Waals surface area (Å²) < 4.78 is 0. The second kappa shape index (κ2) is 4.24. The zero-order valence-electron chi connectivity index (χ0n) is 6.33. The van der Waals surface area contributed by atoms with Crippen molar-refractivity contribution in [1.82, 2.24) is 0 Å². The van der Waals surface area contributed by atoms with Crippen molar-refractivity contribution in [1.29, 1.82) is 0 Å². The summed E-state index contributed by atoms with van der Waals surface area (Å²) >= 11 is 0. The number of aliphatic hydroxyl groups is 2. The lowest BCUT2D eigenvalue weighted by Crippen LogP contribution is -2.76. The van der Waals surface area contributed by atoms with E-state index in [4.69, 9.17) is 15.9 Å². The molecule has 4 nitrogen and oxygen atoms in total. The van der Waals surface area contributed by atoms with Gasteiger partial charge in [-0.05, 0) is 0 Å². The standard InChI is InChI=1S/C6H14N2O2/c1-4(6(9)10)3-8-5(2)7/h4,6,9-10H,3H2,1-2H3,(H2,7,8)/p+1. The van der Waals surface area contributed by atoms with Crippen molar-refractivity contribution in [2.75, 3.05) is 6.54 Å². The Balaban J connectivity index is 3.59. The van der Waals surface area contributed by atoms with Gasteiger partial charge in [-0.25, -0.2) is 0 Å². The lowest BCUT2D eigenvalue weighted by Gasteiger charge is -2.08. The normalized spacial score (nSPS) is 15.9. The number of hydrogen-bond acceptors (Lipinski definition) is 2. The number of aliphatic hydroxyl groups excluding tert-OH is 1. The summed E-state index contributed by atoms with van der Waals surface area (Å²) in [5, 5.41) is 17.2. The fourth-order valence-electron chi connectivity index (χ4n) is 0.427. The van der Waals surface area contributed by atoms with Gasteiger partial charge in [0.15, 0.2) is 6.29 Å². The van der Waals surface area contributed by atoms with E-state index in [1.54, 1.807) is 13.8 Å². The Labute approximate surface area is 60.4 Å². The molecule has 0 aliphatic heterocycles. The van der Waals surface area contributed by atoms with E-state index in [2.05, 4.69) is 4.99 Å². The van der Waals surface area contributed by atoms with Crippen LogP contribution in [0.2, 0.25) is 0 Å². The van der Waals surface area contributed by atoms with Crippen molar-refractivity contribution in [2.45, 2.75) is 20.1 Å². The van der Waals surface area contributed by atoms with Crippen LogP contribution in [-0.2, 0) is 0 Å². The molecular formula is C6H15N2O2+. The first-order valence-electron chi connectivity index (χ1n) is 3.23. The quantitative estimate of drug-likeness (QED) is 0.201. The van der Waals surface area contributed by atoms with Crippen LogP contribution in [0, 0.1) is 5.92 Å². The van der Waals surface area contributed by atoms with Crippen molar-refractivity contribution >= 4 is 5.84 Å². The molecule has 0 heterocycles. The highest BCUT2D eigenvalue weighted by atomic mass is 16.5. The van der Waals surface area contributed by atoms with Gasteiger partial charge in [-0.2, -0.15) is 0 Å². The summed E-state index contributed by atoms with van der Waals surface area (Å²) in [7, 11) is 0. The van der Waals surface area contributed by atoms with Crippen LogP contribution < -0.4 is 10.7 Å². The molecule has 0 radical (unpaired) electrons. The Morgan fingerprint density at radius 2 is 2.10 bits per heavy atom. The number of amidine groups is 1. The molecule has 1 atom stereocenters. The van der Waals surface area contributed by atoms with E-state index in [0.717, 1.165) is 0 Å². The van der Waals surface area contributed by atoms with Gasteiger partial charge in [0.25, 0.3) is 0 Å². The van der Waals surface area contributed by atoms with Gasteiger partial charge >= 0.3 is 0 Å². The van der Waals surface area contributed by atoms with E-state index in [1.807, 2.05) is 0 Å². The smallest absolute Gasteiger partial charge is 0.237 e. The Bertz CT molecular complexity index is 119. The molecule has 10 heavy (non-hydrogen) atoms. The van der Waals surface area contributed by atoms with Crippen molar-refractivity contribution in [3.05, 3.63) is 0 Å². The lowest BCUT2D eigenvalue weighted by molar-refractivity contribution is -0.472. The van der Waals surface area contributed by atoms with Crippen molar-refractivity contribution in [2.24, 2.45) is 11.7 Å². The third-order valence-electron chi connectivity index (χ3n) is 1.21. The second-order valence-corrected chi connectivity index (χ2v) is 2.45. The third kappa shape index (κ3) is 4.29. The summed E-state index contributed by atoms with van der Waals surface area (Å²) in [5.74, 6) is 0.394. The maximum absolute atomic E-state index is 8.60. The SMILES string of the molecule is CC(N)=[NH+]CC(C)C(O)O. The van der Waals surface area contributed by atoms with Crippen LogP contribution in [-0.4, -0.2) is 28.9 Å². The minimum Gasteiger partial charge on any atom is -0.368 e. The first kappa shape index (κ1) is 9.39. The summed E-state index contributed by atoms with van der Waals surface area (Å²) in [6.45, 7) is 3.93. The van der Waals surface area contributed by atoms with E-state index < -0.39 is 6.29 Å². The van der Waals surface area contributed by atoms with Crippen LogP contribution >= 0.6 is 0 Å². The van der Waals surface area contributed by atoms with E-state index in [9.17, 15) is 0 Å². The lowest BCUT2D eigenvalue weighted by atomic mass is 10.2. The highest BCUT2D eigenvalue weighted by molar-refractivity contribution is 5.70. The van der Waals surface area contributed by atoms with Gasteiger partial charge < -0.3 is 10.2 Å². The molecule has 5 N–H and O–H groups in total. The van der Waals surface area contributed by atoms with Crippen LogP contribution in [0.4, 0.5) is 0 Å². The highest BCUT2D eigenvalue weighted by Crippen LogP contribution is 1.93. The van der Waals surface area contributed by atoms with Crippen LogP contribution in [0.1, 0.15) is 13.8 Å². The third-order valence-corrected chi connectivity index (χ3v) is 1.21. The summed E-state index contributed by atoms with van der Waals surface area (Å²) in [6.07, 6.45) is -1.27. The molecule has 4 heteroatoms. The molecule has 0 aliphatic carbocycles. The fraction of sp³-hybridized carbons (Fsp3) is 0.833. The molecule has 0 rings (SSSR count). The second-order valence-electron chi connectivity index (χ2n) is 2.45. The van der Waals surface area contributed by atoms with Crippen LogP contribution in [0.5, 0.6) is 0 Å². The van der Waals surface area contributed by atoms with E-state index in [-0.39, 0.29) is 5.92 Å². The van der Waals surface area contributed by atoms with Gasteiger partial charge in [-0.15, -0.1) is 0 Å². The van der Waals surface area contributed by atoms with Gasteiger partial charge in [-0.1, -0.05) is 6.92 Å². The molecule has 0 saturated heterocycles. The van der Waals surface area contributed by atoms with Gasteiger partial charge in [0.1, 0.15) is 0 Å². The number of nitrogens with two attached hydrogens (primary N) is 1. The molecule has 0 aromatic heterocycles. The molecule has 0 saturated carbocycles. The number of nitrogens with one attached hydrogen (secondary N) is 1. The van der Waals surface area contributed by atoms with Gasteiger partial charge in [0.05, 0.1) is 6.54 Å². The zero-order chi connectivity index (χ0) is 8.15. The predicted molar refractivity (Wildman–Crippen MR) is 38.1 cm³/mol. The van der Waals surface area contributed by atoms with E-state index in [1.165, 1.54) is 0 Å². The molecule has 0 bridgehead atoms. The van der Waals surface area contributed by atoms with Crippen LogP contribution in [0.3, 0.4) is 0 Å². The fourth-order valence-corrected chi connectivity index (χ4v) is 0.427. The molecule has 0 aromatic rings. The molecule has 0 fully saturated rings. The maximum atomic E-state index is 8.60. The van der Waals surface area contributed by atoms with Gasteiger partial charge in [0.2, 0.25) is 5.84 Å². The average Bonchev–Trinajstić information content (AvgIpc) is 1.82. The number of rotatable bonds is 3. The summed E-state index contributed by atoms with van der Waals surface area (Å²) in [6, 6.07) is 0. The molecule has 0 aliphatic rings. The van der Waals surface area contributed by atoms with Crippen molar-refractivity contribution in [3.8, 4) is 0 Å². The molecule has 60 valence electrons. The van der Waals surface area contributed by atoms with Crippen molar-refractivity contribution in [3.63, 3.8) is 0 Å². The Kier molecular flexibility index (Phi) is 3.99. The predicted octanol–water partition coefficient (Wildman–Crippen LogP) is -2.61. The van der Waals surface area contributed by atoms with Crippen LogP contribution in [0.15, 0.2) is 0 Å². The Hall–Kier alpha value is -0.610. The zero-order valence-corrected chi connectivity index (χ0v) is 6.33. The topological polar surface area (TPSA) is 80.5 Å². The van der Waals surface area contributed by atoms with E-state index in [0.29, 0.717) is 12.4 Å². The molecule has 0 amide bonds. The molecule has 0 spiro atoms. The first-order chi connectivity index (χ1) is 4.54. The Morgan fingerprint density at radius 1 is 1.60 bits per heavy atom. The molecular weight excluding hydrogens is 132 g/mol. The number of hydrogen-bond donors (Lipinski definition) is 4. The highest BCUT2D eigenvalue weighted by Gasteiger charge is 2.09. The minimum absolute atomic E-state index is 0.196. The largest absolute Gasteiger partial charge is 0.368 e. The monoisotopic (exact) mass is 147 g/mol. The van der Waals surface area contributed by atoms with Crippen LogP contribution in [0.25, 0.3) is 0 Å². The first-order valence-corrected chi connectivity index (χ1v) is 3.23. The van der Waals surface area contributed by atoms with E-state index >= 15 is 0 Å².